The van der Waals surface area contributed by atoms with Crippen LogP contribution in [0.1, 0.15) is 52.0 Å². The Kier molecular flexibility index (Phi) is 4.75. The van der Waals surface area contributed by atoms with E-state index >= 15 is 0 Å². The van der Waals surface area contributed by atoms with Crippen LogP contribution in [0.4, 0.5) is 5.95 Å². The van der Waals surface area contributed by atoms with Gasteiger partial charge in [-0.15, -0.1) is 0 Å². The molecule has 0 aliphatic carbocycles. The van der Waals surface area contributed by atoms with Crippen LogP contribution in [0.3, 0.4) is 0 Å². The van der Waals surface area contributed by atoms with E-state index in [2.05, 4.69) is 41.4 Å². The number of hydrogen-bond donors (Lipinski definition) is 2. The highest BCUT2D eigenvalue weighted by Gasteiger charge is 2.15. The van der Waals surface area contributed by atoms with Crippen molar-refractivity contribution in [2.45, 2.75) is 57.9 Å². The van der Waals surface area contributed by atoms with E-state index in [-0.39, 0.29) is 5.41 Å². The van der Waals surface area contributed by atoms with E-state index in [9.17, 15) is 0 Å². The zero-order valence-corrected chi connectivity index (χ0v) is 12.4. The maximum atomic E-state index is 4.39. The second-order valence-electron chi connectivity index (χ2n) is 6.41. The molecule has 2 N–H and O–H groups in total. The number of piperidine rings is 1. The van der Waals surface area contributed by atoms with E-state index in [0.717, 1.165) is 18.9 Å². The van der Waals surface area contributed by atoms with Gasteiger partial charge in [0, 0.05) is 25.0 Å². The van der Waals surface area contributed by atoms with Gasteiger partial charge < -0.3 is 10.6 Å². The molecule has 1 aliphatic rings. The molecular weight excluding hydrogens is 236 g/mol. The Morgan fingerprint density at radius 3 is 2.58 bits per heavy atom. The number of aromatic nitrogens is 2. The summed E-state index contributed by atoms with van der Waals surface area (Å²) in [5.41, 5.74) is 1.29. The van der Waals surface area contributed by atoms with Gasteiger partial charge in [0.25, 0.3) is 0 Å². The van der Waals surface area contributed by atoms with E-state index in [1.54, 1.807) is 0 Å². The Balaban J connectivity index is 1.76. The van der Waals surface area contributed by atoms with Crippen LogP contribution in [0.25, 0.3) is 0 Å². The predicted octanol–water partition coefficient (Wildman–Crippen LogP) is 2.72. The van der Waals surface area contributed by atoms with E-state index in [0.29, 0.717) is 6.04 Å². The summed E-state index contributed by atoms with van der Waals surface area (Å²) in [5, 5.41) is 6.86. The maximum absolute atomic E-state index is 4.39. The lowest BCUT2D eigenvalue weighted by Gasteiger charge is -2.23. The highest BCUT2D eigenvalue weighted by molar-refractivity contribution is 5.27. The molecule has 1 aromatic heterocycles. The average molecular weight is 262 g/mol. The summed E-state index contributed by atoms with van der Waals surface area (Å²) in [5.74, 6) is 0.740. The van der Waals surface area contributed by atoms with Gasteiger partial charge in [0.2, 0.25) is 5.95 Å². The number of hydrogen-bond acceptors (Lipinski definition) is 4. The highest BCUT2D eigenvalue weighted by Crippen LogP contribution is 2.20. The van der Waals surface area contributed by atoms with Crippen molar-refractivity contribution in [1.29, 1.82) is 0 Å². The second-order valence-corrected chi connectivity index (χ2v) is 6.41. The fourth-order valence-electron chi connectivity index (χ4n) is 2.34. The third kappa shape index (κ3) is 4.46. The third-order valence-electron chi connectivity index (χ3n) is 3.71. The Hall–Kier alpha value is -1.16. The number of rotatable bonds is 4. The first-order valence-electron chi connectivity index (χ1n) is 7.35. The highest BCUT2D eigenvalue weighted by atomic mass is 15.1. The topological polar surface area (TPSA) is 49.8 Å². The van der Waals surface area contributed by atoms with Crippen molar-refractivity contribution in [3.63, 3.8) is 0 Å². The first-order chi connectivity index (χ1) is 9.05. The van der Waals surface area contributed by atoms with E-state index in [4.69, 9.17) is 0 Å². The Bertz CT molecular complexity index is 374. The maximum Gasteiger partial charge on any atom is 0.222 e. The molecule has 1 aromatic rings. The van der Waals surface area contributed by atoms with Crippen LogP contribution in [-0.2, 0) is 5.41 Å². The van der Waals surface area contributed by atoms with E-state index < -0.39 is 0 Å². The molecule has 4 nitrogen and oxygen atoms in total. The summed E-state index contributed by atoms with van der Waals surface area (Å²) in [6.45, 7) is 8.63. The van der Waals surface area contributed by atoms with Crippen molar-refractivity contribution in [2.75, 3.05) is 18.4 Å². The lowest BCUT2D eigenvalue weighted by Crippen LogP contribution is -2.35. The Morgan fingerprint density at radius 1 is 1.26 bits per heavy atom. The molecule has 19 heavy (non-hydrogen) atoms. The lowest BCUT2D eigenvalue weighted by molar-refractivity contribution is 0.388. The van der Waals surface area contributed by atoms with Gasteiger partial charge in [0.1, 0.15) is 0 Å². The summed E-state index contributed by atoms with van der Waals surface area (Å²) >= 11 is 0. The average Bonchev–Trinajstić information content (AvgIpc) is 2.39. The largest absolute Gasteiger partial charge is 0.354 e. The minimum atomic E-state index is 0.116. The molecule has 0 aromatic carbocycles. The van der Waals surface area contributed by atoms with Gasteiger partial charge in [-0.25, -0.2) is 9.97 Å². The second kappa shape index (κ2) is 6.33. The molecule has 2 rings (SSSR count). The van der Waals surface area contributed by atoms with Crippen molar-refractivity contribution in [3.05, 3.63) is 18.0 Å². The van der Waals surface area contributed by atoms with Gasteiger partial charge in [-0.3, -0.25) is 0 Å². The molecule has 0 amide bonds. The van der Waals surface area contributed by atoms with Gasteiger partial charge in [-0.05, 0) is 36.8 Å². The van der Waals surface area contributed by atoms with Crippen LogP contribution in [0.2, 0.25) is 0 Å². The molecule has 1 saturated heterocycles. The minimum Gasteiger partial charge on any atom is -0.354 e. The molecule has 1 aliphatic heterocycles. The predicted molar refractivity (Wildman–Crippen MR) is 79.5 cm³/mol. The third-order valence-corrected chi connectivity index (χ3v) is 3.71. The number of anilines is 1. The molecular formula is C15H26N4. The summed E-state index contributed by atoms with van der Waals surface area (Å²) in [4.78, 5) is 8.77. The summed E-state index contributed by atoms with van der Waals surface area (Å²) in [7, 11) is 0. The smallest absolute Gasteiger partial charge is 0.222 e. The van der Waals surface area contributed by atoms with Crippen LogP contribution >= 0.6 is 0 Å². The van der Waals surface area contributed by atoms with Crippen LogP contribution in [0.5, 0.6) is 0 Å². The standard InChI is InChI=1S/C15H26N4/c1-15(2,3)12-10-18-14(19-11-12)17-9-7-13-6-4-5-8-16-13/h10-11,13,16H,4-9H2,1-3H3,(H,17,18,19). The fourth-order valence-corrected chi connectivity index (χ4v) is 2.34. The van der Waals surface area contributed by atoms with Crippen molar-refractivity contribution in [3.8, 4) is 0 Å². The molecule has 2 heterocycles. The minimum absolute atomic E-state index is 0.116. The van der Waals surface area contributed by atoms with Gasteiger partial charge >= 0.3 is 0 Å². The van der Waals surface area contributed by atoms with Crippen LogP contribution in [0, 0.1) is 0 Å². The normalized spacial score (nSPS) is 20.3. The monoisotopic (exact) mass is 262 g/mol. The van der Waals surface area contributed by atoms with Gasteiger partial charge in [-0.2, -0.15) is 0 Å². The molecule has 0 bridgehead atoms. The van der Waals surface area contributed by atoms with Crippen molar-refractivity contribution >= 4 is 5.95 Å². The van der Waals surface area contributed by atoms with Crippen molar-refractivity contribution in [1.82, 2.24) is 15.3 Å². The van der Waals surface area contributed by atoms with Crippen LogP contribution in [0.15, 0.2) is 12.4 Å². The first kappa shape index (κ1) is 14.3. The van der Waals surface area contributed by atoms with Crippen molar-refractivity contribution < 1.29 is 0 Å². The Morgan fingerprint density at radius 2 is 2.00 bits per heavy atom. The zero-order chi connectivity index (χ0) is 13.7. The summed E-state index contributed by atoms with van der Waals surface area (Å²) in [6, 6.07) is 0.662. The SMILES string of the molecule is CC(C)(C)c1cnc(NCCC2CCCCN2)nc1. The summed E-state index contributed by atoms with van der Waals surface area (Å²) < 4.78 is 0. The molecule has 4 heteroatoms. The van der Waals surface area contributed by atoms with E-state index in [1.807, 2.05) is 12.4 Å². The molecule has 0 spiro atoms. The molecule has 1 atom stereocenters. The fraction of sp³-hybridized carbons (Fsp3) is 0.733. The molecule has 106 valence electrons. The Labute approximate surface area is 116 Å². The van der Waals surface area contributed by atoms with Gasteiger partial charge in [0.15, 0.2) is 0 Å². The van der Waals surface area contributed by atoms with Crippen LogP contribution in [-0.4, -0.2) is 29.1 Å². The number of nitrogens with zero attached hydrogens (tertiary/aromatic N) is 2. The molecule has 1 unspecified atom stereocenters. The van der Waals surface area contributed by atoms with Crippen LogP contribution < -0.4 is 10.6 Å². The van der Waals surface area contributed by atoms with Crippen molar-refractivity contribution in [2.24, 2.45) is 0 Å². The first-order valence-corrected chi connectivity index (χ1v) is 7.35. The summed E-state index contributed by atoms with van der Waals surface area (Å²) in [6.07, 6.45) is 8.97. The van der Waals surface area contributed by atoms with E-state index in [1.165, 1.54) is 31.4 Å². The van der Waals surface area contributed by atoms with Gasteiger partial charge in [0.05, 0.1) is 0 Å². The molecule has 0 saturated carbocycles. The quantitative estimate of drug-likeness (QED) is 0.876. The number of nitrogens with one attached hydrogen (secondary N) is 2. The zero-order valence-electron chi connectivity index (χ0n) is 12.4. The molecule has 0 radical (unpaired) electrons. The van der Waals surface area contributed by atoms with Gasteiger partial charge in [-0.1, -0.05) is 27.2 Å². The lowest BCUT2D eigenvalue weighted by atomic mass is 9.89. The molecule has 1 fully saturated rings.